The minimum atomic E-state index is -0.329. The summed E-state index contributed by atoms with van der Waals surface area (Å²) in [5.41, 5.74) is 2.26. The predicted octanol–water partition coefficient (Wildman–Crippen LogP) is 4.05. The third kappa shape index (κ3) is 4.95. The second kappa shape index (κ2) is 7.58. The molecule has 23 heavy (non-hydrogen) atoms. The Morgan fingerprint density at radius 2 is 1.61 bits per heavy atom. The molecule has 0 amide bonds. The summed E-state index contributed by atoms with van der Waals surface area (Å²) in [6.45, 7) is 4.88. The maximum atomic E-state index is 11.0. The van der Waals surface area contributed by atoms with Gasteiger partial charge in [-0.05, 0) is 41.8 Å². The van der Waals surface area contributed by atoms with E-state index in [1.54, 1.807) is 12.1 Å². The zero-order valence-corrected chi connectivity index (χ0v) is 13.5. The van der Waals surface area contributed by atoms with Crippen molar-refractivity contribution >= 4 is 11.9 Å². The number of benzene rings is 1. The fourth-order valence-electron chi connectivity index (χ4n) is 2.37. The van der Waals surface area contributed by atoms with Gasteiger partial charge in [-0.15, -0.1) is 0 Å². The zero-order chi connectivity index (χ0) is 16.8. The summed E-state index contributed by atoms with van der Waals surface area (Å²) in [5, 5.41) is 0. The zero-order valence-electron chi connectivity index (χ0n) is 13.5. The van der Waals surface area contributed by atoms with Crippen molar-refractivity contribution in [2.24, 2.45) is 0 Å². The average Bonchev–Trinajstić information content (AvgIpc) is 2.72. The Bertz CT molecular complexity index is 678. The first-order chi connectivity index (χ1) is 11.0. The lowest BCUT2D eigenvalue weighted by molar-refractivity contribution is -0.136. The molecule has 1 aliphatic carbocycles. The summed E-state index contributed by atoms with van der Waals surface area (Å²) in [4.78, 5) is 22.0. The fraction of sp³-hybridized carbons (Fsp3) is 0.263. The number of carbonyl (C=O) groups is 2. The lowest BCUT2D eigenvalue weighted by Gasteiger charge is -2.14. The Morgan fingerprint density at radius 1 is 0.957 bits per heavy atom. The summed E-state index contributed by atoms with van der Waals surface area (Å²) in [5.74, 6) is 0.643. The first kappa shape index (κ1) is 16.7. The second-order valence-electron chi connectivity index (χ2n) is 5.36. The van der Waals surface area contributed by atoms with Crippen molar-refractivity contribution in [3.63, 3.8) is 0 Å². The molecule has 0 N–H and O–H groups in total. The quantitative estimate of drug-likeness (QED) is 0.622. The van der Waals surface area contributed by atoms with Crippen LogP contribution in [0.1, 0.15) is 38.7 Å². The molecule has 0 radical (unpaired) electrons. The van der Waals surface area contributed by atoms with Crippen molar-refractivity contribution in [2.45, 2.75) is 33.1 Å². The van der Waals surface area contributed by atoms with Crippen molar-refractivity contribution in [3.8, 4) is 5.75 Å². The number of allylic oxidation sites excluding steroid dienone is 5. The Hall–Kier alpha value is -2.62. The Kier molecular flexibility index (Phi) is 5.52. The predicted molar refractivity (Wildman–Crippen MR) is 87.9 cm³/mol. The Labute approximate surface area is 136 Å². The molecule has 0 aromatic heterocycles. The molecule has 4 heteroatoms. The highest BCUT2D eigenvalue weighted by Crippen LogP contribution is 2.28. The third-order valence-corrected chi connectivity index (χ3v) is 3.52. The lowest BCUT2D eigenvalue weighted by atomic mass is 9.92. The van der Waals surface area contributed by atoms with Crippen molar-refractivity contribution in [3.05, 3.63) is 65.5 Å². The average molecular weight is 312 g/mol. The standard InChI is InChI=1S/C19H20O4/c1-13(17-8-11-19(12-9-17)23-15(3)21)16-5-4-6-18(10-7-16)22-14(2)20/h5-13H,4H2,1-3H3. The van der Waals surface area contributed by atoms with Gasteiger partial charge in [0.2, 0.25) is 0 Å². The molecular weight excluding hydrogens is 292 g/mol. The number of hydrogen-bond acceptors (Lipinski definition) is 4. The molecule has 0 heterocycles. The number of hydrogen-bond donors (Lipinski definition) is 0. The van der Waals surface area contributed by atoms with Crippen LogP contribution in [0, 0.1) is 0 Å². The normalized spacial score (nSPS) is 15.1. The number of carbonyl (C=O) groups excluding carboxylic acids is 2. The smallest absolute Gasteiger partial charge is 0.308 e. The van der Waals surface area contributed by atoms with Gasteiger partial charge in [0.25, 0.3) is 0 Å². The van der Waals surface area contributed by atoms with Crippen molar-refractivity contribution in [2.75, 3.05) is 0 Å². The monoisotopic (exact) mass is 312 g/mol. The van der Waals surface area contributed by atoms with E-state index in [0.29, 0.717) is 17.9 Å². The molecular formula is C19H20O4. The van der Waals surface area contributed by atoms with Gasteiger partial charge in [-0.3, -0.25) is 9.59 Å². The van der Waals surface area contributed by atoms with Gasteiger partial charge in [0, 0.05) is 19.8 Å². The van der Waals surface area contributed by atoms with Crippen LogP contribution in [0.4, 0.5) is 0 Å². The lowest BCUT2D eigenvalue weighted by Crippen LogP contribution is -2.02. The van der Waals surface area contributed by atoms with E-state index in [-0.39, 0.29) is 17.9 Å². The van der Waals surface area contributed by atoms with E-state index in [9.17, 15) is 9.59 Å². The Morgan fingerprint density at radius 3 is 2.22 bits per heavy atom. The van der Waals surface area contributed by atoms with Crippen molar-refractivity contribution in [1.29, 1.82) is 0 Å². The molecule has 0 aliphatic heterocycles. The summed E-state index contributed by atoms with van der Waals surface area (Å²) in [6, 6.07) is 7.47. The molecule has 0 spiro atoms. The highest BCUT2D eigenvalue weighted by molar-refractivity contribution is 5.69. The van der Waals surface area contributed by atoms with Crippen LogP contribution in [0.3, 0.4) is 0 Å². The van der Waals surface area contributed by atoms with E-state index in [1.807, 2.05) is 30.4 Å². The Balaban J connectivity index is 2.08. The molecule has 1 aromatic carbocycles. The number of ether oxygens (including phenoxy) is 2. The molecule has 4 nitrogen and oxygen atoms in total. The van der Waals surface area contributed by atoms with Gasteiger partial charge < -0.3 is 9.47 Å². The van der Waals surface area contributed by atoms with Crippen LogP contribution in [-0.2, 0) is 14.3 Å². The van der Waals surface area contributed by atoms with Gasteiger partial charge >= 0.3 is 11.9 Å². The first-order valence-corrected chi connectivity index (χ1v) is 7.51. The van der Waals surface area contributed by atoms with Crippen LogP contribution < -0.4 is 4.74 Å². The molecule has 0 saturated carbocycles. The largest absolute Gasteiger partial charge is 0.427 e. The van der Waals surface area contributed by atoms with Crippen molar-refractivity contribution < 1.29 is 19.1 Å². The maximum absolute atomic E-state index is 11.0. The van der Waals surface area contributed by atoms with E-state index >= 15 is 0 Å². The summed E-state index contributed by atoms with van der Waals surface area (Å²) in [6.07, 6.45) is 8.47. The van der Waals surface area contributed by atoms with Gasteiger partial charge in [0.1, 0.15) is 11.5 Å². The molecule has 1 aromatic rings. The van der Waals surface area contributed by atoms with E-state index in [4.69, 9.17) is 9.47 Å². The topological polar surface area (TPSA) is 52.6 Å². The van der Waals surface area contributed by atoms with Crippen molar-refractivity contribution in [1.82, 2.24) is 0 Å². The summed E-state index contributed by atoms with van der Waals surface area (Å²) in [7, 11) is 0. The van der Waals surface area contributed by atoms with E-state index in [0.717, 1.165) is 11.1 Å². The number of rotatable bonds is 4. The summed E-state index contributed by atoms with van der Waals surface area (Å²) < 4.78 is 10.2. The van der Waals surface area contributed by atoms with E-state index in [2.05, 4.69) is 13.0 Å². The van der Waals surface area contributed by atoms with Gasteiger partial charge in [0.05, 0.1) is 0 Å². The summed E-state index contributed by atoms with van der Waals surface area (Å²) >= 11 is 0. The molecule has 1 unspecified atom stereocenters. The third-order valence-electron chi connectivity index (χ3n) is 3.52. The van der Waals surface area contributed by atoms with Gasteiger partial charge in [0.15, 0.2) is 0 Å². The minimum absolute atomic E-state index is 0.183. The molecule has 120 valence electrons. The SMILES string of the molecule is CC(=O)OC1=CCC=C(C(C)c2ccc(OC(C)=O)cc2)C=C1. The fourth-order valence-corrected chi connectivity index (χ4v) is 2.37. The van der Waals surface area contributed by atoms with Crippen LogP contribution >= 0.6 is 0 Å². The minimum Gasteiger partial charge on any atom is -0.427 e. The molecule has 1 atom stereocenters. The van der Waals surface area contributed by atoms with Crippen LogP contribution in [-0.4, -0.2) is 11.9 Å². The highest BCUT2D eigenvalue weighted by atomic mass is 16.5. The molecule has 0 saturated heterocycles. The maximum Gasteiger partial charge on any atom is 0.308 e. The van der Waals surface area contributed by atoms with Gasteiger partial charge in [-0.1, -0.05) is 31.2 Å². The first-order valence-electron chi connectivity index (χ1n) is 7.51. The van der Waals surface area contributed by atoms with Crippen LogP contribution in [0.25, 0.3) is 0 Å². The van der Waals surface area contributed by atoms with E-state index in [1.165, 1.54) is 13.8 Å². The van der Waals surface area contributed by atoms with Crippen LogP contribution in [0.5, 0.6) is 5.75 Å². The molecule has 2 rings (SSSR count). The highest BCUT2D eigenvalue weighted by Gasteiger charge is 2.11. The van der Waals surface area contributed by atoms with Gasteiger partial charge in [-0.25, -0.2) is 0 Å². The molecule has 0 bridgehead atoms. The van der Waals surface area contributed by atoms with Gasteiger partial charge in [-0.2, -0.15) is 0 Å². The number of esters is 2. The molecule has 1 aliphatic rings. The molecule has 0 fully saturated rings. The van der Waals surface area contributed by atoms with Crippen LogP contribution in [0.15, 0.2) is 59.9 Å². The van der Waals surface area contributed by atoms with Crippen LogP contribution in [0.2, 0.25) is 0 Å². The van der Waals surface area contributed by atoms with E-state index < -0.39 is 0 Å². The second-order valence-corrected chi connectivity index (χ2v) is 5.36.